The second-order valence-corrected chi connectivity index (χ2v) is 5.36. The van der Waals surface area contributed by atoms with Gasteiger partial charge in [-0.25, -0.2) is 0 Å². The van der Waals surface area contributed by atoms with Crippen molar-refractivity contribution in [3.05, 3.63) is 34.9 Å². The Bertz CT molecular complexity index is 362. The standard InChI is InChI=1S/C15H21ClO/c1-2-3-4-5-6-15(16)12-7-8-13-10-17-11-14(13)9-12/h7-9,15H,2-6,10-11H2,1H3. The van der Waals surface area contributed by atoms with Crippen LogP contribution in [0, 0.1) is 0 Å². The van der Waals surface area contributed by atoms with Crippen LogP contribution < -0.4 is 0 Å². The van der Waals surface area contributed by atoms with Crippen LogP contribution in [0.3, 0.4) is 0 Å². The van der Waals surface area contributed by atoms with Gasteiger partial charge in [0.25, 0.3) is 0 Å². The lowest BCUT2D eigenvalue weighted by Gasteiger charge is -2.11. The third-order valence-corrected chi connectivity index (χ3v) is 3.89. The lowest BCUT2D eigenvalue weighted by atomic mass is 10.0. The fourth-order valence-electron chi connectivity index (χ4n) is 2.30. The molecule has 1 aliphatic heterocycles. The summed E-state index contributed by atoms with van der Waals surface area (Å²) >= 11 is 6.45. The van der Waals surface area contributed by atoms with E-state index in [2.05, 4.69) is 25.1 Å². The molecule has 0 aromatic heterocycles. The average molecular weight is 253 g/mol. The quantitative estimate of drug-likeness (QED) is 0.513. The molecule has 0 radical (unpaired) electrons. The molecule has 0 saturated carbocycles. The van der Waals surface area contributed by atoms with Gasteiger partial charge in [-0.3, -0.25) is 0 Å². The highest BCUT2D eigenvalue weighted by Gasteiger charge is 2.14. The lowest BCUT2D eigenvalue weighted by Crippen LogP contribution is -1.93. The van der Waals surface area contributed by atoms with Crippen LogP contribution in [-0.2, 0) is 18.0 Å². The maximum Gasteiger partial charge on any atom is 0.0725 e. The van der Waals surface area contributed by atoms with E-state index in [-0.39, 0.29) is 5.38 Å². The predicted molar refractivity (Wildman–Crippen MR) is 72.3 cm³/mol. The van der Waals surface area contributed by atoms with Crippen LogP contribution in [0.25, 0.3) is 0 Å². The van der Waals surface area contributed by atoms with Crippen molar-refractivity contribution in [2.75, 3.05) is 0 Å². The molecule has 17 heavy (non-hydrogen) atoms. The zero-order valence-corrected chi connectivity index (χ0v) is 11.3. The number of unbranched alkanes of at least 4 members (excludes halogenated alkanes) is 3. The van der Waals surface area contributed by atoms with Crippen LogP contribution in [0.1, 0.15) is 61.1 Å². The van der Waals surface area contributed by atoms with Crippen LogP contribution in [0.5, 0.6) is 0 Å². The number of fused-ring (bicyclic) bond motifs is 1. The van der Waals surface area contributed by atoms with E-state index in [0.717, 1.165) is 19.6 Å². The van der Waals surface area contributed by atoms with Gasteiger partial charge >= 0.3 is 0 Å². The van der Waals surface area contributed by atoms with Crippen molar-refractivity contribution in [2.24, 2.45) is 0 Å². The zero-order valence-electron chi connectivity index (χ0n) is 10.5. The number of halogens is 1. The molecule has 1 atom stereocenters. The molecule has 0 fully saturated rings. The Kier molecular flexibility index (Phi) is 4.87. The molecule has 0 aliphatic carbocycles. The molecule has 0 bridgehead atoms. The van der Waals surface area contributed by atoms with Crippen LogP contribution in [-0.4, -0.2) is 0 Å². The molecule has 2 heteroatoms. The van der Waals surface area contributed by atoms with Gasteiger partial charge in [-0.1, -0.05) is 50.8 Å². The Labute approximate surface area is 109 Å². The molecule has 0 N–H and O–H groups in total. The number of benzene rings is 1. The minimum Gasteiger partial charge on any atom is -0.372 e. The van der Waals surface area contributed by atoms with Gasteiger partial charge < -0.3 is 4.74 Å². The molecular weight excluding hydrogens is 232 g/mol. The molecule has 1 heterocycles. The summed E-state index contributed by atoms with van der Waals surface area (Å²) in [4.78, 5) is 0. The van der Waals surface area contributed by atoms with Gasteiger partial charge in [-0.05, 0) is 23.1 Å². The van der Waals surface area contributed by atoms with Crippen LogP contribution in [0.4, 0.5) is 0 Å². The highest BCUT2D eigenvalue weighted by Crippen LogP contribution is 2.30. The highest BCUT2D eigenvalue weighted by atomic mass is 35.5. The molecule has 2 rings (SSSR count). The normalized spacial score (nSPS) is 15.9. The Morgan fingerprint density at radius 2 is 2.00 bits per heavy atom. The summed E-state index contributed by atoms with van der Waals surface area (Å²) in [6.07, 6.45) is 6.22. The monoisotopic (exact) mass is 252 g/mol. The van der Waals surface area contributed by atoms with E-state index in [1.807, 2.05) is 0 Å². The van der Waals surface area contributed by atoms with Crippen molar-refractivity contribution < 1.29 is 4.74 Å². The van der Waals surface area contributed by atoms with Crippen molar-refractivity contribution in [2.45, 2.75) is 57.6 Å². The molecule has 1 nitrogen and oxygen atoms in total. The summed E-state index contributed by atoms with van der Waals surface area (Å²) < 4.78 is 5.42. The van der Waals surface area contributed by atoms with E-state index in [0.29, 0.717) is 0 Å². The van der Waals surface area contributed by atoms with Crippen LogP contribution in [0.15, 0.2) is 18.2 Å². The first kappa shape index (κ1) is 12.9. The van der Waals surface area contributed by atoms with Gasteiger partial charge in [0.15, 0.2) is 0 Å². The smallest absolute Gasteiger partial charge is 0.0725 e. The summed E-state index contributed by atoms with van der Waals surface area (Å²) in [7, 11) is 0. The zero-order chi connectivity index (χ0) is 12.1. The first-order valence-electron chi connectivity index (χ1n) is 6.64. The number of hydrogen-bond donors (Lipinski definition) is 0. The van der Waals surface area contributed by atoms with E-state index >= 15 is 0 Å². The largest absolute Gasteiger partial charge is 0.372 e. The van der Waals surface area contributed by atoms with Crippen molar-refractivity contribution in [3.8, 4) is 0 Å². The summed E-state index contributed by atoms with van der Waals surface area (Å²) in [5, 5.41) is 0.165. The first-order valence-corrected chi connectivity index (χ1v) is 7.08. The molecule has 1 unspecified atom stereocenters. The van der Waals surface area contributed by atoms with Gasteiger partial charge in [0.2, 0.25) is 0 Å². The molecule has 1 aromatic carbocycles. The van der Waals surface area contributed by atoms with E-state index in [4.69, 9.17) is 16.3 Å². The maximum absolute atomic E-state index is 6.45. The Balaban J connectivity index is 1.88. The van der Waals surface area contributed by atoms with Crippen molar-refractivity contribution >= 4 is 11.6 Å². The average Bonchev–Trinajstić information content (AvgIpc) is 2.81. The fourth-order valence-corrected chi connectivity index (χ4v) is 2.59. The first-order chi connectivity index (χ1) is 8.31. The van der Waals surface area contributed by atoms with E-state index < -0.39 is 0 Å². The predicted octanol–water partition coefficient (Wildman–Crippen LogP) is 4.97. The number of hydrogen-bond acceptors (Lipinski definition) is 1. The minimum atomic E-state index is 0.165. The second kappa shape index (κ2) is 6.42. The maximum atomic E-state index is 6.45. The van der Waals surface area contributed by atoms with Gasteiger partial charge in [-0.15, -0.1) is 11.6 Å². The summed E-state index contributed by atoms with van der Waals surface area (Å²) in [6, 6.07) is 6.55. The second-order valence-electron chi connectivity index (χ2n) is 4.84. The molecule has 0 amide bonds. The Morgan fingerprint density at radius 1 is 1.18 bits per heavy atom. The summed E-state index contributed by atoms with van der Waals surface area (Å²) in [5.74, 6) is 0. The van der Waals surface area contributed by atoms with Crippen molar-refractivity contribution in [1.29, 1.82) is 0 Å². The fraction of sp³-hybridized carbons (Fsp3) is 0.600. The van der Waals surface area contributed by atoms with Gasteiger partial charge in [-0.2, -0.15) is 0 Å². The molecule has 94 valence electrons. The van der Waals surface area contributed by atoms with Crippen LogP contribution >= 0.6 is 11.6 Å². The van der Waals surface area contributed by atoms with Gasteiger partial charge in [0.05, 0.1) is 18.6 Å². The molecule has 1 aromatic rings. The van der Waals surface area contributed by atoms with E-state index in [9.17, 15) is 0 Å². The highest BCUT2D eigenvalue weighted by molar-refractivity contribution is 6.20. The third kappa shape index (κ3) is 3.46. The Hall–Kier alpha value is -0.530. The molecule has 0 spiro atoms. The molecular formula is C15H21ClO. The molecule has 1 aliphatic rings. The number of alkyl halides is 1. The topological polar surface area (TPSA) is 9.23 Å². The van der Waals surface area contributed by atoms with E-state index in [1.54, 1.807) is 0 Å². The number of rotatable bonds is 6. The Morgan fingerprint density at radius 3 is 2.82 bits per heavy atom. The third-order valence-electron chi connectivity index (χ3n) is 3.42. The van der Waals surface area contributed by atoms with Crippen LogP contribution in [0.2, 0.25) is 0 Å². The summed E-state index contributed by atoms with van der Waals surface area (Å²) in [6.45, 7) is 3.75. The van der Waals surface area contributed by atoms with E-state index in [1.165, 1.54) is 42.4 Å². The lowest BCUT2D eigenvalue weighted by molar-refractivity contribution is 0.134. The molecule has 0 saturated heterocycles. The van der Waals surface area contributed by atoms with Gasteiger partial charge in [0.1, 0.15) is 0 Å². The summed E-state index contributed by atoms with van der Waals surface area (Å²) in [5.41, 5.74) is 3.90. The van der Waals surface area contributed by atoms with Crippen molar-refractivity contribution in [3.63, 3.8) is 0 Å². The van der Waals surface area contributed by atoms with Gasteiger partial charge in [0, 0.05) is 0 Å². The van der Waals surface area contributed by atoms with Crippen molar-refractivity contribution in [1.82, 2.24) is 0 Å². The minimum absolute atomic E-state index is 0.165. The SMILES string of the molecule is CCCCCCC(Cl)c1ccc2c(c1)COC2. The number of ether oxygens (including phenoxy) is 1.